The van der Waals surface area contributed by atoms with Crippen LogP contribution in [-0.4, -0.2) is 87.5 Å². The van der Waals surface area contributed by atoms with Crippen molar-refractivity contribution < 1.29 is 39.8 Å². The van der Waals surface area contributed by atoms with Gasteiger partial charge in [-0.3, -0.25) is 4.79 Å². The van der Waals surface area contributed by atoms with Crippen LogP contribution in [0.3, 0.4) is 0 Å². The third-order valence-electron chi connectivity index (χ3n) is 9.96. The maximum atomic E-state index is 12.9. The van der Waals surface area contributed by atoms with E-state index in [2.05, 4.69) is 19.2 Å². The SMILES string of the molecule is CCCCCCCCCCCCCCCCCCC(=O)N[C@@H](CO[C@@H]1O[C@H](CO)[C@H](O)C(O)C1O)[C@H](O)CCCCCCCCCCC. The summed E-state index contributed by atoms with van der Waals surface area (Å²) in [7, 11) is 0. The van der Waals surface area contributed by atoms with Gasteiger partial charge in [-0.15, -0.1) is 0 Å². The van der Waals surface area contributed by atoms with Gasteiger partial charge in [0.25, 0.3) is 0 Å². The molecule has 0 aromatic carbocycles. The van der Waals surface area contributed by atoms with E-state index in [4.69, 9.17) is 9.47 Å². The molecular weight excluding hydrogens is 610 g/mol. The summed E-state index contributed by atoms with van der Waals surface area (Å²) in [6.07, 6.45) is 24.0. The lowest BCUT2D eigenvalue weighted by molar-refractivity contribution is -0.302. The lowest BCUT2D eigenvalue weighted by atomic mass is 9.99. The molecule has 1 aliphatic heterocycles. The minimum atomic E-state index is -1.55. The highest BCUT2D eigenvalue weighted by molar-refractivity contribution is 5.76. The van der Waals surface area contributed by atoms with Gasteiger partial charge in [-0.2, -0.15) is 0 Å². The number of rotatable bonds is 33. The molecule has 0 radical (unpaired) electrons. The monoisotopic (exact) mass is 688 g/mol. The van der Waals surface area contributed by atoms with Crippen molar-refractivity contribution in [3.8, 4) is 0 Å². The van der Waals surface area contributed by atoms with Crippen LogP contribution in [0.1, 0.15) is 187 Å². The first kappa shape index (κ1) is 45.2. The van der Waals surface area contributed by atoms with Gasteiger partial charge in [-0.1, -0.05) is 168 Å². The van der Waals surface area contributed by atoms with Crippen LogP contribution in [0, 0.1) is 0 Å². The Balaban J connectivity index is 2.34. The highest BCUT2D eigenvalue weighted by Gasteiger charge is 2.44. The summed E-state index contributed by atoms with van der Waals surface area (Å²) >= 11 is 0. The van der Waals surface area contributed by atoms with E-state index in [0.29, 0.717) is 12.8 Å². The molecule has 48 heavy (non-hydrogen) atoms. The third kappa shape index (κ3) is 22.1. The number of nitrogens with one attached hydrogen (secondary N) is 1. The Labute approximate surface area is 294 Å². The summed E-state index contributed by atoms with van der Waals surface area (Å²) in [5.74, 6) is -0.145. The predicted octanol–water partition coefficient (Wildman–Crippen LogP) is 7.22. The van der Waals surface area contributed by atoms with E-state index in [-0.39, 0.29) is 12.5 Å². The number of hydrogen-bond acceptors (Lipinski definition) is 8. The van der Waals surface area contributed by atoms with Crippen LogP contribution >= 0.6 is 0 Å². The number of amides is 1. The fraction of sp³-hybridized carbons (Fsp3) is 0.974. The van der Waals surface area contributed by atoms with Gasteiger partial charge in [0, 0.05) is 6.42 Å². The molecule has 0 bridgehead atoms. The Morgan fingerprint density at radius 2 is 1.04 bits per heavy atom. The number of ether oxygens (including phenoxy) is 2. The van der Waals surface area contributed by atoms with Gasteiger partial charge in [0.2, 0.25) is 5.91 Å². The van der Waals surface area contributed by atoms with Gasteiger partial charge in [0.15, 0.2) is 6.29 Å². The van der Waals surface area contributed by atoms with Gasteiger partial charge < -0.3 is 40.3 Å². The van der Waals surface area contributed by atoms with Crippen LogP contribution < -0.4 is 5.32 Å². The zero-order chi connectivity index (χ0) is 35.2. The molecule has 1 heterocycles. The molecule has 1 aliphatic rings. The number of aliphatic hydroxyl groups excluding tert-OH is 5. The van der Waals surface area contributed by atoms with Gasteiger partial charge in [-0.05, 0) is 12.8 Å². The fourth-order valence-electron chi connectivity index (χ4n) is 6.63. The molecule has 0 aromatic heterocycles. The van der Waals surface area contributed by atoms with Crippen LogP contribution in [0.15, 0.2) is 0 Å². The average Bonchev–Trinajstić information content (AvgIpc) is 3.08. The largest absolute Gasteiger partial charge is 0.394 e. The maximum Gasteiger partial charge on any atom is 0.220 e. The van der Waals surface area contributed by atoms with E-state index >= 15 is 0 Å². The van der Waals surface area contributed by atoms with Crippen molar-refractivity contribution >= 4 is 5.91 Å². The minimum Gasteiger partial charge on any atom is -0.394 e. The smallest absolute Gasteiger partial charge is 0.220 e. The molecule has 0 aromatic rings. The van der Waals surface area contributed by atoms with Crippen molar-refractivity contribution in [3.63, 3.8) is 0 Å². The Bertz CT molecular complexity index is 726. The van der Waals surface area contributed by atoms with Gasteiger partial charge in [0.1, 0.15) is 24.4 Å². The first-order chi connectivity index (χ1) is 23.3. The Hall–Kier alpha value is -0.810. The lowest BCUT2D eigenvalue weighted by Gasteiger charge is -2.40. The molecule has 0 spiro atoms. The van der Waals surface area contributed by atoms with Crippen LogP contribution in [-0.2, 0) is 14.3 Å². The zero-order valence-corrected chi connectivity index (χ0v) is 31.0. The molecule has 1 saturated heterocycles. The highest BCUT2D eigenvalue weighted by atomic mass is 16.7. The molecule has 286 valence electrons. The molecule has 1 amide bonds. The third-order valence-corrected chi connectivity index (χ3v) is 9.96. The Morgan fingerprint density at radius 3 is 1.48 bits per heavy atom. The van der Waals surface area contributed by atoms with Crippen molar-refractivity contribution in [2.24, 2.45) is 0 Å². The van der Waals surface area contributed by atoms with Crippen molar-refractivity contribution in [1.82, 2.24) is 5.32 Å². The van der Waals surface area contributed by atoms with Gasteiger partial charge in [0.05, 0.1) is 25.4 Å². The van der Waals surface area contributed by atoms with Crippen molar-refractivity contribution in [1.29, 1.82) is 0 Å². The quantitative estimate of drug-likeness (QED) is 0.0396. The standard InChI is InChI=1S/C39H77NO8/c1-3-5-7-9-11-13-14-15-16-17-18-19-21-23-25-27-29-35(43)40-32(33(42)28-26-24-22-20-12-10-8-6-4-2)31-47-39-38(46)37(45)36(44)34(30-41)48-39/h32-34,36-39,41-42,44-46H,3-31H2,1-2H3,(H,40,43)/t32-,33+,34+,36-,37?,38?,39+/m0/s1. The average molecular weight is 688 g/mol. The van der Waals surface area contributed by atoms with E-state index < -0.39 is 49.5 Å². The maximum absolute atomic E-state index is 12.9. The number of aliphatic hydroxyl groups is 5. The van der Waals surface area contributed by atoms with E-state index in [0.717, 1.165) is 38.5 Å². The second-order valence-electron chi connectivity index (χ2n) is 14.4. The normalized spacial score (nSPS) is 22.5. The molecule has 1 rings (SSSR count). The molecule has 0 saturated carbocycles. The molecule has 7 atom stereocenters. The Kier molecular flexibility index (Phi) is 29.2. The topological polar surface area (TPSA) is 149 Å². The molecule has 6 N–H and O–H groups in total. The highest BCUT2D eigenvalue weighted by Crippen LogP contribution is 2.23. The van der Waals surface area contributed by atoms with Crippen LogP contribution in [0.4, 0.5) is 0 Å². The van der Waals surface area contributed by atoms with Gasteiger partial charge in [-0.25, -0.2) is 0 Å². The van der Waals surface area contributed by atoms with Crippen LogP contribution in [0.2, 0.25) is 0 Å². The molecule has 0 aliphatic carbocycles. The molecule has 2 unspecified atom stereocenters. The van der Waals surface area contributed by atoms with Crippen LogP contribution in [0.5, 0.6) is 0 Å². The van der Waals surface area contributed by atoms with E-state index in [9.17, 15) is 30.3 Å². The summed E-state index contributed by atoms with van der Waals surface area (Å²) < 4.78 is 11.2. The number of carbonyl (C=O) groups is 1. The second-order valence-corrected chi connectivity index (χ2v) is 14.4. The summed E-state index contributed by atoms with van der Waals surface area (Å²) in [5.41, 5.74) is 0. The number of carbonyl (C=O) groups excluding carboxylic acids is 1. The van der Waals surface area contributed by atoms with E-state index in [1.165, 1.54) is 122 Å². The zero-order valence-electron chi connectivity index (χ0n) is 31.0. The molecule has 9 heteroatoms. The summed E-state index contributed by atoms with van der Waals surface area (Å²) in [4.78, 5) is 12.9. The molecular formula is C39H77NO8. The summed E-state index contributed by atoms with van der Waals surface area (Å²) in [6.45, 7) is 3.80. The molecule has 9 nitrogen and oxygen atoms in total. The van der Waals surface area contributed by atoms with Crippen molar-refractivity contribution in [2.75, 3.05) is 13.2 Å². The van der Waals surface area contributed by atoms with Crippen molar-refractivity contribution in [3.05, 3.63) is 0 Å². The summed E-state index contributed by atoms with van der Waals surface area (Å²) in [5, 5.41) is 54.0. The number of hydrogen-bond donors (Lipinski definition) is 6. The summed E-state index contributed by atoms with van der Waals surface area (Å²) in [6, 6.07) is -0.708. The fourth-order valence-corrected chi connectivity index (χ4v) is 6.63. The first-order valence-electron chi connectivity index (χ1n) is 20.2. The minimum absolute atomic E-state index is 0.133. The Morgan fingerprint density at radius 1 is 0.625 bits per heavy atom. The van der Waals surface area contributed by atoms with E-state index in [1.807, 2.05) is 0 Å². The van der Waals surface area contributed by atoms with Crippen LogP contribution in [0.25, 0.3) is 0 Å². The first-order valence-corrected chi connectivity index (χ1v) is 20.2. The number of unbranched alkanes of at least 4 members (excludes halogenated alkanes) is 23. The predicted molar refractivity (Wildman–Crippen MR) is 194 cm³/mol. The van der Waals surface area contributed by atoms with Crippen molar-refractivity contribution in [2.45, 2.75) is 230 Å². The second kappa shape index (κ2) is 31.0. The van der Waals surface area contributed by atoms with Gasteiger partial charge >= 0.3 is 0 Å². The molecule has 1 fully saturated rings. The lowest BCUT2D eigenvalue weighted by Crippen LogP contribution is -2.60. The van der Waals surface area contributed by atoms with E-state index in [1.54, 1.807) is 0 Å².